The van der Waals surface area contributed by atoms with Gasteiger partial charge < -0.3 is 20.1 Å². The fourth-order valence-electron chi connectivity index (χ4n) is 2.31. The number of carbonyl (C=O) groups is 2. The van der Waals surface area contributed by atoms with E-state index >= 15 is 0 Å². The minimum Gasteiger partial charge on any atom is -0.481 e. The number of aliphatic carboxylic acids is 1. The molecule has 0 unspecified atom stereocenters. The summed E-state index contributed by atoms with van der Waals surface area (Å²) in [4.78, 5) is 22.8. The van der Waals surface area contributed by atoms with Crippen molar-refractivity contribution in [2.75, 3.05) is 12.8 Å². The third kappa shape index (κ3) is 3.01. The molecule has 0 amide bonds. The van der Waals surface area contributed by atoms with Crippen molar-refractivity contribution in [3.63, 3.8) is 0 Å². The number of nitrogens with zero attached hydrogens (tertiary/aromatic N) is 2. The molecule has 23 heavy (non-hydrogen) atoms. The molecule has 2 rings (SSSR count). The number of hydrogen-bond donors (Lipinski definition) is 2. The Labute approximate surface area is 132 Å². The van der Waals surface area contributed by atoms with Gasteiger partial charge in [-0.25, -0.2) is 4.79 Å². The lowest BCUT2D eigenvalue weighted by Crippen LogP contribution is -2.11. The predicted octanol–water partition coefficient (Wildman–Crippen LogP) is 1.65. The second kappa shape index (κ2) is 6.23. The number of methoxy groups -OCH3 is 1. The van der Waals surface area contributed by atoms with E-state index in [1.807, 2.05) is 6.07 Å². The Bertz CT molecular complexity index is 831. The molecule has 0 aliphatic carbocycles. The quantitative estimate of drug-likeness (QED) is 0.828. The van der Waals surface area contributed by atoms with Gasteiger partial charge in [-0.1, -0.05) is 6.07 Å². The number of nitrogen functional groups attached to an aromatic ring is 1. The van der Waals surface area contributed by atoms with Gasteiger partial charge in [-0.2, -0.15) is 5.26 Å². The van der Waals surface area contributed by atoms with E-state index in [1.165, 1.54) is 17.9 Å². The highest BCUT2D eigenvalue weighted by Gasteiger charge is 2.21. The third-order valence-corrected chi connectivity index (χ3v) is 3.49. The number of hydrogen-bond acceptors (Lipinski definition) is 5. The van der Waals surface area contributed by atoms with E-state index < -0.39 is 11.9 Å². The Morgan fingerprint density at radius 2 is 2.13 bits per heavy atom. The van der Waals surface area contributed by atoms with Crippen molar-refractivity contribution in [3.8, 4) is 11.8 Å². The Balaban J connectivity index is 2.58. The second-order valence-electron chi connectivity index (χ2n) is 4.96. The van der Waals surface area contributed by atoms with Crippen LogP contribution in [0.2, 0.25) is 0 Å². The Morgan fingerprint density at radius 1 is 1.43 bits per heavy atom. The molecule has 1 heterocycles. The number of carbonyl (C=O) groups excluding carboxylic acids is 1. The molecule has 1 aromatic carbocycles. The summed E-state index contributed by atoms with van der Waals surface area (Å²) in [6.07, 6.45) is 1.36. The summed E-state index contributed by atoms with van der Waals surface area (Å²) < 4.78 is 6.19. The number of rotatable bonds is 4. The molecule has 3 N–H and O–H groups in total. The van der Waals surface area contributed by atoms with Crippen molar-refractivity contribution >= 4 is 17.6 Å². The largest absolute Gasteiger partial charge is 0.481 e. The lowest BCUT2D eigenvalue weighted by atomic mass is 10.0. The highest BCUT2D eigenvalue weighted by atomic mass is 16.5. The van der Waals surface area contributed by atoms with Crippen molar-refractivity contribution in [1.29, 1.82) is 5.26 Å². The van der Waals surface area contributed by atoms with Gasteiger partial charge in [-0.15, -0.1) is 0 Å². The monoisotopic (exact) mass is 313 g/mol. The SMILES string of the molecule is COC(=O)c1c(N)c(C#N)cn1-c1ccc(CC(=O)O)c(C)c1. The number of ether oxygens (including phenoxy) is 1. The predicted molar refractivity (Wildman–Crippen MR) is 82.3 cm³/mol. The van der Waals surface area contributed by atoms with Crippen LogP contribution in [-0.4, -0.2) is 28.7 Å². The maximum Gasteiger partial charge on any atom is 0.357 e. The molecule has 0 aliphatic rings. The van der Waals surface area contributed by atoms with Crippen LogP contribution < -0.4 is 5.73 Å². The Morgan fingerprint density at radius 3 is 2.65 bits per heavy atom. The van der Waals surface area contributed by atoms with Gasteiger partial charge in [0.2, 0.25) is 0 Å². The summed E-state index contributed by atoms with van der Waals surface area (Å²) in [5, 5.41) is 18.0. The minimum atomic E-state index is -0.923. The van der Waals surface area contributed by atoms with Crippen LogP contribution >= 0.6 is 0 Å². The average Bonchev–Trinajstić information content (AvgIpc) is 2.85. The smallest absolute Gasteiger partial charge is 0.357 e. The number of aryl methyl sites for hydroxylation is 1. The first kappa shape index (κ1) is 16.1. The number of carboxylic acids is 1. The first-order chi connectivity index (χ1) is 10.9. The van der Waals surface area contributed by atoms with Crippen molar-refractivity contribution in [2.24, 2.45) is 0 Å². The van der Waals surface area contributed by atoms with Crippen LogP contribution in [0.3, 0.4) is 0 Å². The van der Waals surface area contributed by atoms with Gasteiger partial charge >= 0.3 is 11.9 Å². The molecule has 7 nitrogen and oxygen atoms in total. The Hall–Kier alpha value is -3.27. The van der Waals surface area contributed by atoms with Crippen LogP contribution in [-0.2, 0) is 16.0 Å². The van der Waals surface area contributed by atoms with E-state index in [4.69, 9.17) is 20.8 Å². The zero-order valence-electron chi connectivity index (χ0n) is 12.7. The number of anilines is 1. The third-order valence-electron chi connectivity index (χ3n) is 3.49. The average molecular weight is 313 g/mol. The molecule has 0 fully saturated rings. The maximum absolute atomic E-state index is 11.9. The molecular formula is C16H15N3O4. The molecule has 7 heteroatoms. The normalized spacial score (nSPS) is 10.1. The van der Waals surface area contributed by atoms with Gasteiger partial charge in [0.25, 0.3) is 0 Å². The molecule has 0 bridgehead atoms. The molecule has 0 spiro atoms. The van der Waals surface area contributed by atoms with Crippen molar-refractivity contribution in [2.45, 2.75) is 13.3 Å². The van der Waals surface area contributed by atoms with E-state index in [0.717, 1.165) is 5.56 Å². The van der Waals surface area contributed by atoms with Crippen molar-refractivity contribution < 1.29 is 19.4 Å². The first-order valence-corrected chi connectivity index (χ1v) is 6.70. The number of aromatic nitrogens is 1. The van der Waals surface area contributed by atoms with Crippen LogP contribution in [0.15, 0.2) is 24.4 Å². The van der Waals surface area contributed by atoms with E-state index in [-0.39, 0.29) is 23.4 Å². The van der Waals surface area contributed by atoms with Gasteiger partial charge in [0.05, 0.1) is 24.8 Å². The number of esters is 1. The van der Waals surface area contributed by atoms with Crippen molar-refractivity contribution in [1.82, 2.24) is 4.57 Å². The van der Waals surface area contributed by atoms with E-state index in [1.54, 1.807) is 25.1 Å². The standard InChI is InChI=1S/C16H15N3O4/c1-9-5-12(4-3-10(9)6-13(20)21)19-8-11(7-17)14(18)15(19)16(22)23-2/h3-5,8H,6,18H2,1-2H3,(H,20,21). The van der Waals surface area contributed by atoms with Gasteiger partial charge in [-0.05, 0) is 30.2 Å². The number of nitriles is 1. The van der Waals surface area contributed by atoms with Crippen LogP contribution in [0.1, 0.15) is 27.2 Å². The summed E-state index contributed by atoms with van der Waals surface area (Å²) in [6, 6.07) is 6.99. The molecule has 0 atom stereocenters. The van der Waals surface area contributed by atoms with Crippen LogP contribution in [0, 0.1) is 18.3 Å². The summed E-state index contributed by atoms with van der Waals surface area (Å²) in [5.74, 6) is -1.58. The zero-order valence-corrected chi connectivity index (χ0v) is 12.7. The van der Waals surface area contributed by atoms with Gasteiger partial charge in [-0.3, -0.25) is 4.79 Å². The van der Waals surface area contributed by atoms with Crippen LogP contribution in [0.5, 0.6) is 0 Å². The van der Waals surface area contributed by atoms with Crippen LogP contribution in [0.25, 0.3) is 5.69 Å². The molecule has 118 valence electrons. The molecular weight excluding hydrogens is 298 g/mol. The number of benzene rings is 1. The summed E-state index contributed by atoms with van der Waals surface area (Å²) in [5.41, 5.74) is 8.13. The second-order valence-corrected chi connectivity index (χ2v) is 4.96. The van der Waals surface area contributed by atoms with Gasteiger partial charge in [0.15, 0.2) is 5.69 Å². The van der Waals surface area contributed by atoms with E-state index in [0.29, 0.717) is 11.3 Å². The lowest BCUT2D eigenvalue weighted by molar-refractivity contribution is -0.136. The van der Waals surface area contributed by atoms with Crippen LogP contribution in [0.4, 0.5) is 5.69 Å². The molecule has 0 radical (unpaired) electrons. The number of nitrogens with two attached hydrogens (primary N) is 1. The molecule has 2 aromatic rings. The maximum atomic E-state index is 11.9. The molecule has 0 aliphatic heterocycles. The molecule has 1 aromatic heterocycles. The first-order valence-electron chi connectivity index (χ1n) is 6.70. The minimum absolute atomic E-state index is 0.0478. The fraction of sp³-hybridized carbons (Fsp3) is 0.188. The summed E-state index contributed by atoms with van der Waals surface area (Å²) in [7, 11) is 1.23. The molecule has 0 saturated heterocycles. The number of carboxylic acid groups (broad SMARTS) is 1. The van der Waals surface area contributed by atoms with Gasteiger partial charge in [0.1, 0.15) is 6.07 Å². The fourth-order valence-corrected chi connectivity index (χ4v) is 2.31. The lowest BCUT2D eigenvalue weighted by Gasteiger charge is -2.11. The zero-order chi connectivity index (χ0) is 17.1. The highest BCUT2D eigenvalue weighted by molar-refractivity contribution is 5.96. The molecule has 0 saturated carbocycles. The van der Waals surface area contributed by atoms with E-state index in [2.05, 4.69) is 0 Å². The Kier molecular flexibility index (Phi) is 4.37. The summed E-state index contributed by atoms with van der Waals surface area (Å²) >= 11 is 0. The summed E-state index contributed by atoms with van der Waals surface area (Å²) in [6.45, 7) is 1.78. The highest BCUT2D eigenvalue weighted by Crippen LogP contribution is 2.26. The topological polar surface area (TPSA) is 118 Å². The van der Waals surface area contributed by atoms with Gasteiger partial charge in [0, 0.05) is 11.9 Å². The van der Waals surface area contributed by atoms with E-state index in [9.17, 15) is 9.59 Å². The van der Waals surface area contributed by atoms with Crippen molar-refractivity contribution in [3.05, 3.63) is 46.8 Å².